The van der Waals surface area contributed by atoms with Crippen LogP contribution in [0.4, 0.5) is 20.4 Å². The number of hydrogen-bond donors (Lipinski definition) is 1. The monoisotopic (exact) mass is 511 g/mol. The van der Waals surface area contributed by atoms with Crippen molar-refractivity contribution in [2.24, 2.45) is 0 Å². The van der Waals surface area contributed by atoms with Crippen molar-refractivity contribution >= 4 is 23.2 Å². The van der Waals surface area contributed by atoms with E-state index in [0.717, 1.165) is 32.4 Å². The largest absolute Gasteiger partial charge is 0.491 e. The molecule has 1 N–H and O–H groups in total. The molecule has 2 aromatic heterocycles. The third-order valence-corrected chi connectivity index (χ3v) is 7.48. The van der Waals surface area contributed by atoms with Gasteiger partial charge in [0.05, 0.1) is 17.3 Å². The molecule has 2 bridgehead atoms. The number of hydrogen-bond acceptors (Lipinski definition) is 7. The Morgan fingerprint density at radius 3 is 2.73 bits per heavy atom. The third-order valence-electron chi connectivity index (χ3n) is 7.48. The zero-order valence-corrected chi connectivity index (χ0v) is 20.9. The molecule has 2 saturated heterocycles. The highest BCUT2D eigenvalue weighted by molar-refractivity contribution is 5.97. The number of anilines is 2. The summed E-state index contributed by atoms with van der Waals surface area (Å²) in [4.78, 5) is 24.0. The van der Waals surface area contributed by atoms with Crippen molar-refractivity contribution in [1.82, 2.24) is 24.8 Å². The van der Waals surface area contributed by atoms with Crippen LogP contribution in [0.15, 0.2) is 24.3 Å². The van der Waals surface area contributed by atoms with Gasteiger partial charge < -0.3 is 24.8 Å². The first-order chi connectivity index (χ1) is 18.0. The minimum Gasteiger partial charge on any atom is -0.491 e. The van der Waals surface area contributed by atoms with Crippen LogP contribution >= 0.6 is 0 Å². The molecule has 5 heterocycles. The Balaban J connectivity index is 1.48. The van der Waals surface area contributed by atoms with E-state index >= 15 is 4.39 Å². The number of carbonyl (C=O) groups is 1. The molecule has 3 aromatic rings. The summed E-state index contributed by atoms with van der Waals surface area (Å²) in [5, 5.41) is 8.10. The van der Waals surface area contributed by atoms with Crippen LogP contribution in [0, 0.1) is 11.6 Å². The number of amides is 1. The minimum absolute atomic E-state index is 0.201. The topological polar surface area (TPSA) is 78.2 Å². The van der Waals surface area contributed by atoms with Gasteiger partial charge in [-0.3, -0.25) is 4.79 Å². The van der Waals surface area contributed by atoms with Crippen LogP contribution < -0.4 is 19.9 Å². The molecule has 0 aliphatic carbocycles. The summed E-state index contributed by atoms with van der Waals surface area (Å²) < 4.78 is 37.6. The van der Waals surface area contributed by atoms with Crippen LogP contribution in [0.5, 0.6) is 5.75 Å². The maximum atomic E-state index is 15.9. The SMILES string of the molecule is CN1CCNCCOc2ccc(F)cc2C(=O)N2CCCCC2c2cc3nc(N4CCC4)c(F)c1n3n2. The lowest BCUT2D eigenvalue weighted by atomic mass is 9.98. The van der Waals surface area contributed by atoms with Crippen molar-refractivity contribution in [3.63, 3.8) is 0 Å². The quantitative estimate of drug-likeness (QED) is 0.538. The molecule has 11 heteroatoms. The van der Waals surface area contributed by atoms with Gasteiger partial charge in [0.2, 0.25) is 5.82 Å². The molecule has 37 heavy (non-hydrogen) atoms. The average Bonchev–Trinajstić information content (AvgIpc) is 3.28. The molecule has 3 aliphatic heterocycles. The molecule has 1 aromatic carbocycles. The van der Waals surface area contributed by atoms with Crippen LogP contribution in [-0.4, -0.2) is 78.3 Å². The number of nitrogens with zero attached hydrogens (tertiary/aromatic N) is 6. The number of piperidine rings is 1. The molecule has 1 amide bonds. The molecule has 0 saturated carbocycles. The van der Waals surface area contributed by atoms with Crippen LogP contribution in [0.3, 0.4) is 0 Å². The molecular formula is C26H31F2N7O2. The fourth-order valence-corrected chi connectivity index (χ4v) is 5.35. The molecule has 0 spiro atoms. The second-order valence-electron chi connectivity index (χ2n) is 9.92. The maximum Gasteiger partial charge on any atom is 0.258 e. The van der Waals surface area contributed by atoms with E-state index in [2.05, 4.69) is 10.3 Å². The van der Waals surface area contributed by atoms with E-state index in [4.69, 9.17) is 9.84 Å². The summed E-state index contributed by atoms with van der Waals surface area (Å²) in [5.41, 5.74) is 1.40. The lowest BCUT2D eigenvalue weighted by molar-refractivity contribution is 0.0601. The van der Waals surface area contributed by atoms with Crippen LogP contribution in [0.1, 0.15) is 47.8 Å². The Labute approximate surface area is 214 Å². The molecular weight excluding hydrogens is 480 g/mol. The van der Waals surface area contributed by atoms with Gasteiger partial charge in [0.25, 0.3) is 5.91 Å². The Bertz CT molecular complexity index is 1330. The summed E-state index contributed by atoms with van der Waals surface area (Å²) in [5.74, 6) is -0.127. The third kappa shape index (κ3) is 4.35. The molecule has 3 aliphatic rings. The number of rotatable bonds is 1. The Kier molecular flexibility index (Phi) is 6.31. The van der Waals surface area contributed by atoms with Gasteiger partial charge in [-0.2, -0.15) is 14.0 Å². The normalized spacial score (nSPS) is 21.0. The van der Waals surface area contributed by atoms with Gasteiger partial charge in [-0.15, -0.1) is 0 Å². The molecule has 9 nitrogen and oxygen atoms in total. The molecule has 1 unspecified atom stereocenters. The Hall–Kier alpha value is -3.47. The molecule has 0 radical (unpaired) electrons. The fraction of sp³-hybridized carbons (Fsp3) is 0.500. The summed E-state index contributed by atoms with van der Waals surface area (Å²) in [6.07, 6.45) is 3.48. The summed E-state index contributed by atoms with van der Waals surface area (Å²) >= 11 is 0. The van der Waals surface area contributed by atoms with E-state index in [1.54, 1.807) is 9.42 Å². The van der Waals surface area contributed by atoms with Crippen LogP contribution in [0.2, 0.25) is 0 Å². The average molecular weight is 512 g/mol. The van der Waals surface area contributed by atoms with Gasteiger partial charge in [-0.05, 0) is 43.9 Å². The predicted octanol–water partition coefficient (Wildman–Crippen LogP) is 3.00. The first-order valence-electron chi connectivity index (χ1n) is 13.0. The number of fused-ring (bicyclic) bond motifs is 4. The van der Waals surface area contributed by atoms with Crippen molar-refractivity contribution in [3.05, 3.63) is 47.2 Å². The highest BCUT2D eigenvalue weighted by Crippen LogP contribution is 2.36. The number of halogens is 2. The fourth-order valence-electron chi connectivity index (χ4n) is 5.35. The lowest BCUT2D eigenvalue weighted by Gasteiger charge is -2.35. The second-order valence-corrected chi connectivity index (χ2v) is 9.92. The number of benzene rings is 1. The van der Waals surface area contributed by atoms with Crippen molar-refractivity contribution < 1.29 is 18.3 Å². The second kappa shape index (κ2) is 9.77. The first kappa shape index (κ1) is 23.9. The highest BCUT2D eigenvalue weighted by Gasteiger charge is 2.34. The molecule has 2 fully saturated rings. The van der Waals surface area contributed by atoms with E-state index in [9.17, 15) is 9.18 Å². The van der Waals surface area contributed by atoms with Gasteiger partial charge in [0, 0.05) is 52.4 Å². The van der Waals surface area contributed by atoms with E-state index in [-0.39, 0.29) is 17.5 Å². The van der Waals surface area contributed by atoms with Gasteiger partial charge in [-0.1, -0.05) is 0 Å². The van der Waals surface area contributed by atoms with Crippen molar-refractivity contribution in [3.8, 4) is 5.75 Å². The van der Waals surface area contributed by atoms with Crippen molar-refractivity contribution in [2.75, 3.05) is 62.7 Å². The standard InChI is InChI=1S/C26H31F2N7O2/c1-32-13-8-29-9-14-37-21-7-6-17(27)15-18(21)26(36)34-12-3-2-5-20(34)19-16-22-30-24(33-10-4-11-33)23(28)25(32)35(22)31-19/h6-7,15-16,20,29H,2-5,8-14H2,1H3. The molecule has 1 atom stereocenters. The predicted molar refractivity (Wildman–Crippen MR) is 135 cm³/mol. The minimum atomic E-state index is -0.490. The zero-order valence-electron chi connectivity index (χ0n) is 20.9. The van der Waals surface area contributed by atoms with Crippen molar-refractivity contribution in [1.29, 1.82) is 0 Å². The number of nitrogens with one attached hydrogen (secondary N) is 1. The summed E-state index contributed by atoms with van der Waals surface area (Å²) in [6, 6.07) is 5.59. The van der Waals surface area contributed by atoms with Gasteiger partial charge in [0.15, 0.2) is 17.3 Å². The first-order valence-corrected chi connectivity index (χ1v) is 13.0. The van der Waals surface area contributed by atoms with Crippen LogP contribution in [-0.2, 0) is 0 Å². The van der Waals surface area contributed by atoms with E-state index < -0.39 is 11.6 Å². The number of ether oxygens (including phenoxy) is 1. The van der Waals surface area contributed by atoms with Gasteiger partial charge in [-0.25, -0.2) is 9.37 Å². The lowest BCUT2D eigenvalue weighted by Crippen LogP contribution is -2.39. The number of likely N-dealkylation sites (N-methyl/N-ethyl adjacent to an activating group) is 1. The smallest absolute Gasteiger partial charge is 0.258 e. The summed E-state index contributed by atoms with van der Waals surface area (Å²) in [6.45, 7) is 4.01. The van der Waals surface area contributed by atoms with Crippen molar-refractivity contribution in [2.45, 2.75) is 31.7 Å². The van der Waals surface area contributed by atoms with E-state index in [1.807, 2.05) is 22.9 Å². The summed E-state index contributed by atoms with van der Waals surface area (Å²) in [7, 11) is 1.85. The Morgan fingerprint density at radius 1 is 1.05 bits per heavy atom. The van der Waals surface area contributed by atoms with Gasteiger partial charge in [0.1, 0.15) is 18.2 Å². The van der Waals surface area contributed by atoms with Gasteiger partial charge >= 0.3 is 0 Å². The number of carbonyl (C=O) groups excluding carboxylic acids is 1. The van der Waals surface area contributed by atoms with Crippen LogP contribution in [0.25, 0.3) is 5.65 Å². The molecule has 6 rings (SSSR count). The maximum absolute atomic E-state index is 15.9. The van der Waals surface area contributed by atoms with E-state index in [1.165, 1.54) is 18.2 Å². The highest BCUT2D eigenvalue weighted by atomic mass is 19.1. The molecule has 196 valence electrons. The Morgan fingerprint density at radius 2 is 1.92 bits per heavy atom. The van der Waals surface area contributed by atoms with E-state index in [0.29, 0.717) is 67.9 Å². The number of aromatic nitrogens is 3. The zero-order chi connectivity index (χ0) is 25.5.